The van der Waals surface area contributed by atoms with E-state index < -0.39 is 5.97 Å². The molecule has 0 saturated heterocycles. The maximum atomic E-state index is 13.7. The zero-order valence-electron chi connectivity index (χ0n) is 20.2. The van der Waals surface area contributed by atoms with Crippen molar-refractivity contribution in [3.05, 3.63) is 131 Å². The maximum Gasteiger partial charge on any atom is 0.335 e. The van der Waals surface area contributed by atoms with Crippen molar-refractivity contribution in [3.63, 3.8) is 0 Å². The van der Waals surface area contributed by atoms with Crippen LogP contribution in [0.25, 0.3) is 22.0 Å². The van der Waals surface area contributed by atoms with Gasteiger partial charge in [0.15, 0.2) is 0 Å². The molecule has 1 atom stereocenters. The normalized spacial score (nSPS) is 11.8. The molecule has 6 heteroatoms. The van der Waals surface area contributed by atoms with Crippen molar-refractivity contribution in [2.75, 3.05) is 0 Å². The maximum absolute atomic E-state index is 13.7. The van der Waals surface area contributed by atoms with Gasteiger partial charge in [-0.1, -0.05) is 66.2 Å². The predicted molar refractivity (Wildman–Crippen MR) is 147 cm³/mol. The largest absolute Gasteiger partial charge is 0.478 e. The Morgan fingerprint density at radius 1 is 0.892 bits per heavy atom. The lowest BCUT2D eigenvalue weighted by Crippen LogP contribution is -2.27. The molecule has 0 bridgehead atoms. The minimum atomic E-state index is -0.983. The Morgan fingerprint density at radius 2 is 1.65 bits per heavy atom. The molecule has 5 aromatic rings. The Bertz CT molecular complexity index is 1590. The van der Waals surface area contributed by atoms with Crippen LogP contribution in [-0.4, -0.2) is 21.6 Å². The van der Waals surface area contributed by atoms with Crippen LogP contribution >= 0.6 is 11.6 Å². The monoisotopic (exact) mass is 508 g/mol. The summed E-state index contributed by atoms with van der Waals surface area (Å²) in [5.41, 5.74) is 5.45. The predicted octanol–water partition coefficient (Wildman–Crippen LogP) is 7.20. The standard InChI is InChI=1S/C31H25ClN2O3/c1-20(22-10-12-24(13-11-22)31(36)37)33-30(35)28-18-26(23-7-3-2-4-8-23)17-25-14-15-34(29(25)28)19-21-6-5-9-27(32)16-21/h2-18,20H,19H2,1H3,(H,33,35)(H,36,37)/t20-/m0/s1. The van der Waals surface area contributed by atoms with Crippen LogP contribution in [0.15, 0.2) is 103 Å². The number of carboxylic acids is 1. The lowest BCUT2D eigenvalue weighted by atomic mass is 9.99. The quantitative estimate of drug-likeness (QED) is 0.244. The lowest BCUT2D eigenvalue weighted by Gasteiger charge is -2.17. The van der Waals surface area contributed by atoms with Gasteiger partial charge in [0, 0.05) is 23.2 Å². The first-order valence-corrected chi connectivity index (χ1v) is 12.3. The van der Waals surface area contributed by atoms with Crippen LogP contribution < -0.4 is 5.32 Å². The second-order valence-corrected chi connectivity index (χ2v) is 9.46. The second kappa shape index (κ2) is 10.3. The fourth-order valence-corrected chi connectivity index (χ4v) is 4.77. The Balaban J connectivity index is 1.54. The fourth-order valence-electron chi connectivity index (χ4n) is 4.56. The molecule has 37 heavy (non-hydrogen) atoms. The first kappa shape index (κ1) is 24.3. The average molecular weight is 509 g/mol. The summed E-state index contributed by atoms with van der Waals surface area (Å²) in [6.07, 6.45) is 1.99. The molecule has 1 aromatic heterocycles. The van der Waals surface area contributed by atoms with Gasteiger partial charge < -0.3 is 15.0 Å². The van der Waals surface area contributed by atoms with Crippen LogP contribution in [0.2, 0.25) is 5.02 Å². The van der Waals surface area contributed by atoms with Crippen molar-refractivity contribution in [2.45, 2.75) is 19.5 Å². The van der Waals surface area contributed by atoms with Gasteiger partial charge in [-0.05, 0) is 71.6 Å². The smallest absolute Gasteiger partial charge is 0.335 e. The molecule has 0 spiro atoms. The molecule has 0 unspecified atom stereocenters. The summed E-state index contributed by atoms with van der Waals surface area (Å²) in [5.74, 6) is -1.19. The summed E-state index contributed by atoms with van der Waals surface area (Å²) in [6.45, 7) is 2.46. The number of fused-ring (bicyclic) bond motifs is 1. The van der Waals surface area contributed by atoms with Crippen LogP contribution in [0, 0.1) is 0 Å². The van der Waals surface area contributed by atoms with Crippen LogP contribution in [0.1, 0.15) is 44.8 Å². The van der Waals surface area contributed by atoms with E-state index in [-0.39, 0.29) is 17.5 Å². The van der Waals surface area contributed by atoms with Gasteiger partial charge in [0.1, 0.15) is 0 Å². The topological polar surface area (TPSA) is 71.3 Å². The zero-order valence-corrected chi connectivity index (χ0v) is 20.9. The first-order valence-electron chi connectivity index (χ1n) is 12.0. The van der Waals surface area contributed by atoms with Gasteiger partial charge in [-0.3, -0.25) is 4.79 Å². The fraction of sp³-hybridized carbons (Fsp3) is 0.0968. The van der Waals surface area contributed by atoms with Gasteiger partial charge >= 0.3 is 5.97 Å². The Morgan fingerprint density at radius 3 is 2.35 bits per heavy atom. The molecule has 5 rings (SSSR count). The number of amides is 1. The van der Waals surface area contributed by atoms with Gasteiger partial charge in [0.05, 0.1) is 22.7 Å². The van der Waals surface area contributed by atoms with E-state index in [1.54, 1.807) is 24.3 Å². The number of nitrogens with zero attached hydrogens (tertiary/aromatic N) is 1. The van der Waals surface area contributed by atoms with E-state index in [4.69, 9.17) is 11.6 Å². The van der Waals surface area contributed by atoms with Crippen molar-refractivity contribution in [1.82, 2.24) is 9.88 Å². The van der Waals surface area contributed by atoms with E-state index in [2.05, 4.69) is 16.0 Å². The van der Waals surface area contributed by atoms with Gasteiger partial charge in [0.2, 0.25) is 0 Å². The molecule has 2 N–H and O–H groups in total. The molecule has 0 radical (unpaired) electrons. The van der Waals surface area contributed by atoms with Crippen LogP contribution in [-0.2, 0) is 6.54 Å². The van der Waals surface area contributed by atoms with Crippen molar-refractivity contribution in [1.29, 1.82) is 0 Å². The first-order chi connectivity index (χ1) is 17.9. The highest BCUT2D eigenvalue weighted by molar-refractivity contribution is 6.30. The third kappa shape index (κ3) is 5.27. The van der Waals surface area contributed by atoms with Crippen molar-refractivity contribution >= 4 is 34.4 Å². The van der Waals surface area contributed by atoms with Crippen molar-refractivity contribution in [2.24, 2.45) is 0 Å². The number of halogens is 1. The summed E-state index contributed by atoms with van der Waals surface area (Å²) in [6, 6.07) is 30.0. The highest BCUT2D eigenvalue weighted by Gasteiger charge is 2.19. The van der Waals surface area contributed by atoms with Crippen molar-refractivity contribution in [3.8, 4) is 11.1 Å². The number of carboxylic acid groups (broad SMARTS) is 1. The molecule has 0 saturated carbocycles. The van der Waals surface area contributed by atoms with Gasteiger partial charge in [-0.2, -0.15) is 0 Å². The summed E-state index contributed by atoms with van der Waals surface area (Å²) in [4.78, 5) is 24.9. The van der Waals surface area contributed by atoms with E-state index in [1.807, 2.05) is 79.9 Å². The van der Waals surface area contributed by atoms with Crippen LogP contribution in [0.3, 0.4) is 0 Å². The second-order valence-electron chi connectivity index (χ2n) is 9.02. The highest BCUT2D eigenvalue weighted by atomic mass is 35.5. The van der Waals surface area contributed by atoms with E-state index in [9.17, 15) is 14.7 Å². The molecule has 0 aliphatic heterocycles. The number of hydrogen-bond donors (Lipinski definition) is 2. The number of aromatic carboxylic acids is 1. The van der Waals surface area contributed by atoms with Gasteiger partial charge in [0.25, 0.3) is 5.91 Å². The van der Waals surface area contributed by atoms with Crippen LogP contribution in [0.5, 0.6) is 0 Å². The molecule has 1 heterocycles. The number of carbonyl (C=O) groups is 2. The zero-order chi connectivity index (χ0) is 25.9. The molecular weight excluding hydrogens is 484 g/mol. The van der Waals surface area contributed by atoms with Crippen LogP contribution in [0.4, 0.5) is 0 Å². The molecule has 5 nitrogen and oxygen atoms in total. The summed E-state index contributed by atoms with van der Waals surface area (Å²) in [5, 5.41) is 13.9. The molecule has 1 amide bonds. The molecule has 0 fully saturated rings. The Kier molecular flexibility index (Phi) is 6.80. The SMILES string of the molecule is C[C@H](NC(=O)c1cc(-c2ccccc2)cc2ccn(Cc3cccc(Cl)c3)c12)c1ccc(C(=O)O)cc1. The third-order valence-electron chi connectivity index (χ3n) is 6.46. The number of rotatable bonds is 7. The number of aromatic nitrogens is 1. The number of carbonyl (C=O) groups excluding carboxylic acids is 1. The number of benzene rings is 4. The Labute approximate surface area is 219 Å². The van der Waals surface area contributed by atoms with E-state index >= 15 is 0 Å². The summed E-state index contributed by atoms with van der Waals surface area (Å²) in [7, 11) is 0. The molecule has 4 aromatic carbocycles. The molecule has 184 valence electrons. The van der Waals surface area contributed by atoms with Gasteiger partial charge in [-0.25, -0.2) is 4.79 Å². The van der Waals surface area contributed by atoms with E-state index in [0.29, 0.717) is 17.1 Å². The van der Waals surface area contributed by atoms with E-state index in [0.717, 1.165) is 33.2 Å². The van der Waals surface area contributed by atoms with E-state index in [1.165, 1.54) is 0 Å². The highest BCUT2D eigenvalue weighted by Crippen LogP contribution is 2.30. The summed E-state index contributed by atoms with van der Waals surface area (Å²) < 4.78 is 2.07. The minimum Gasteiger partial charge on any atom is -0.478 e. The van der Waals surface area contributed by atoms with Crippen molar-refractivity contribution < 1.29 is 14.7 Å². The average Bonchev–Trinajstić information content (AvgIpc) is 3.31. The lowest BCUT2D eigenvalue weighted by molar-refractivity contribution is 0.0696. The summed E-state index contributed by atoms with van der Waals surface area (Å²) >= 11 is 6.21. The Hall–Kier alpha value is -4.35. The molecule has 0 aliphatic rings. The number of hydrogen-bond acceptors (Lipinski definition) is 2. The molecular formula is C31H25ClN2O3. The third-order valence-corrected chi connectivity index (χ3v) is 6.69. The minimum absolute atomic E-state index is 0.205. The molecule has 0 aliphatic carbocycles. The number of nitrogens with one attached hydrogen (secondary N) is 1. The van der Waals surface area contributed by atoms with Gasteiger partial charge in [-0.15, -0.1) is 0 Å².